The molecule has 0 aliphatic carbocycles. The monoisotopic (exact) mass is 440 g/mol. The molecule has 0 radical (unpaired) electrons. The smallest absolute Gasteiger partial charge is 0.279 e. The molecule has 9 nitrogen and oxygen atoms in total. The van der Waals surface area contributed by atoms with Crippen LogP contribution in [0, 0.1) is 0 Å². The average molecular weight is 441 g/mol. The Balaban J connectivity index is 1.55. The van der Waals surface area contributed by atoms with Gasteiger partial charge in [-0.15, -0.1) is 5.10 Å². The second-order valence-corrected chi connectivity index (χ2v) is 8.44. The minimum Gasteiger partial charge on any atom is -0.376 e. The number of nitrogens with zero attached hydrogens (tertiary/aromatic N) is 6. The molecule has 2 aliphatic heterocycles. The van der Waals surface area contributed by atoms with Crippen molar-refractivity contribution in [2.24, 2.45) is 0 Å². The van der Waals surface area contributed by atoms with Crippen molar-refractivity contribution in [1.29, 1.82) is 0 Å². The van der Waals surface area contributed by atoms with E-state index >= 15 is 0 Å². The normalized spacial score (nSPS) is 21.6. The molecule has 2 unspecified atom stereocenters. The van der Waals surface area contributed by atoms with Gasteiger partial charge >= 0.3 is 0 Å². The predicted octanol–water partition coefficient (Wildman–Crippen LogP) is 2.91. The number of para-hydroxylation sites is 1. The van der Waals surface area contributed by atoms with E-state index in [1.54, 1.807) is 32.2 Å². The van der Waals surface area contributed by atoms with Gasteiger partial charge < -0.3 is 14.0 Å². The molecule has 0 amide bonds. The second kappa shape index (κ2) is 7.44. The van der Waals surface area contributed by atoms with Crippen molar-refractivity contribution in [2.45, 2.75) is 44.4 Å². The van der Waals surface area contributed by atoms with E-state index < -0.39 is 0 Å². The molecule has 0 saturated carbocycles. The van der Waals surface area contributed by atoms with E-state index in [9.17, 15) is 4.79 Å². The highest BCUT2D eigenvalue weighted by molar-refractivity contribution is 6.35. The highest BCUT2D eigenvalue weighted by Crippen LogP contribution is 2.28. The Morgan fingerprint density at radius 2 is 2.00 bits per heavy atom. The summed E-state index contributed by atoms with van der Waals surface area (Å²) >= 11 is 6.54. The Morgan fingerprint density at radius 3 is 2.81 bits per heavy atom. The van der Waals surface area contributed by atoms with E-state index in [0.29, 0.717) is 28.4 Å². The predicted molar refractivity (Wildman–Crippen MR) is 114 cm³/mol. The standard InChI is InChI=1S/C21H21ClN6O3/c22-14-5-1-6-16-18(14)26(10-13-4-2-8-30-13)21(29)19-20(23-12-27(16)19)28-11-15(24-25-28)17-7-3-9-31-17/h1,5-6,11-13,17H,2-4,7-10H2. The van der Waals surface area contributed by atoms with E-state index in [1.807, 2.05) is 12.1 Å². The molecule has 3 aromatic heterocycles. The Labute approximate surface area is 182 Å². The summed E-state index contributed by atoms with van der Waals surface area (Å²) in [4.78, 5) is 18.2. The van der Waals surface area contributed by atoms with Crippen LogP contribution in [-0.4, -0.2) is 48.3 Å². The summed E-state index contributed by atoms with van der Waals surface area (Å²) in [5.74, 6) is 0.435. The Morgan fingerprint density at radius 1 is 1.13 bits per heavy atom. The number of rotatable bonds is 4. The molecular formula is C21H21ClN6O3. The van der Waals surface area contributed by atoms with Gasteiger partial charge in [-0.1, -0.05) is 22.9 Å². The lowest BCUT2D eigenvalue weighted by Gasteiger charge is -2.17. The molecule has 4 aromatic rings. The van der Waals surface area contributed by atoms with Crippen molar-refractivity contribution in [3.63, 3.8) is 0 Å². The van der Waals surface area contributed by atoms with Gasteiger partial charge in [0.1, 0.15) is 18.1 Å². The highest BCUT2D eigenvalue weighted by atomic mass is 35.5. The summed E-state index contributed by atoms with van der Waals surface area (Å²) in [7, 11) is 0. The maximum absolute atomic E-state index is 13.7. The molecule has 2 saturated heterocycles. The van der Waals surface area contributed by atoms with E-state index in [4.69, 9.17) is 21.1 Å². The molecule has 5 heterocycles. The largest absolute Gasteiger partial charge is 0.376 e. The fourth-order valence-electron chi connectivity index (χ4n) is 4.59. The third-order valence-corrected chi connectivity index (χ3v) is 6.39. The number of imidazole rings is 1. The van der Waals surface area contributed by atoms with Gasteiger partial charge in [-0.2, -0.15) is 4.68 Å². The maximum atomic E-state index is 13.7. The summed E-state index contributed by atoms with van der Waals surface area (Å²) in [6.07, 6.45) is 7.20. The Hall–Kier alpha value is -2.75. The molecule has 0 N–H and O–H groups in total. The van der Waals surface area contributed by atoms with Gasteiger partial charge in [0, 0.05) is 13.2 Å². The molecule has 1 aromatic carbocycles. The molecule has 31 heavy (non-hydrogen) atoms. The van der Waals surface area contributed by atoms with Crippen molar-refractivity contribution in [2.75, 3.05) is 13.2 Å². The van der Waals surface area contributed by atoms with Crippen LogP contribution in [0.1, 0.15) is 37.5 Å². The average Bonchev–Trinajstić information content (AvgIpc) is 3.56. The van der Waals surface area contributed by atoms with E-state index in [2.05, 4.69) is 15.3 Å². The molecule has 160 valence electrons. The number of hydrogen-bond acceptors (Lipinski definition) is 6. The van der Waals surface area contributed by atoms with Crippen LogP contribution < -0.4 is 5.56 Å². The first-order chi connectivity index (χ1) is 15.2. The van der Waals surface area contributed by atoms with Gasteiger partial charge in [0.05, 0.1) is 34.9 Å². The first kappa shape index (κ1) is 19.0. The fraction of sp³-hybridized carbons (Fsp3) is 0.429. The molecule has 0 spiro atoms. The zero-order chi connectivity index (χ0) is 20.9. The Bertz CT molecular complexity index is 1330. The minimum absolute atomic E-state index is 0.0107. The third kappa shape index (κ3) is 3.07. The van der Waals surface area contributed by atoms with Crippen LogP contribution in [0.25, 0.3) is 22.4 Å². The SMILES string of the molecule is O=c1c2c(-n3cc(C4CCCO4)nn3)ncn2c2cccc(Cl)c2n1CC1CCCO1. The molecule has 10 heteroatoms. The summed E-state index contributed by atoms with van der Waals surface area (Å²) in [6.45, 7) is 1.89. The maximum Gasteiger partial charge on any atom is 0.279 e. The molecule has 2 fully saturated rings. The number of ether oxygens (including phenoxy) is 2. The lowest BCUT2D eigenvalue weighted by atomic mass is 10.2. The summed E-state index contributed by atoms with van der Waals surface area (Å²) in [5.41, 5.74) is 2.48. The van der Waals surface area contributed by atoms with Gasteiger partial charge in [0.25, 0.3) is 5.56 Å². The van der Waals surface area contributed by atoms with Gasteiger partial charge in [-0.3, -0.25) is 9.20 Å². The summed E-state index contributed by atoms with van der Waals surface area (Å²) in [6, 6.07) is 5.60. The van der Waals surface area contributed by atoms with Crippen molar-refractivity contribution in [1.82, 2.24) is 28.9 Å². The van der Waals surface area contributed by atoms with Crippen LogP contribution in [0.2, 0.25) is 5.02 Å². The number of fused-ring (bicyclic) bond motifs is 3. The first-order valence-electron chi connectivity index (χ1n) is 10.5. The van der Waals surface area contributed by atoms with E-state index in [-0.39, 0.29) is 17.8 Å². The van der Waals surface area contributed by atoms with Crippen molar-refractivity contribution in [3.05, 3.63) is 51.8 Å². The molecule has 0 bridgehead atoms. The minimum atomic E-state index is -0.183. The van der Waals surface area contributed by atoms with Crippen LogP contribution in [0.5, 0.6) is 0 Å². The number of hydrogen-bond donors (Lipinski definition) is 0. The first-order valence-corrected chi connectivity index (χ1v) is 10.9. The van der Waals surface area contributed by atoms with Gasteiger partial charge in [0.2, 0.25) is 0 Å². The fourth-order valence-corrected chi connectivity index (χ4v) is 4.86. The van der Waals surface area contributed by atoms with Crippen LogP contribution >= 0.6 is 11.6 Å². The van der Waals surface area contributed by atoms with Crippen LogP contribution in [0.4, 0.5) is 0 Å². The highest BCUT2D eigenvalue weighted by Gasteiger charge is 2.25. The number of benzene rings is 1. The lowest BCUT2D eigenvalue weighted by molar-refractivity contribution is 0.0973. The van der Waals surface area contributed by atoms with Gasteiger partial charge in [-0.05, 0) is 37.8 Å². The Kier molecular flexibility index (Phi) is 4.55. The van der Waals surface area contributed by atoms with Gasteiger partial charge in [0.15, 0.2) is 11.3 Å². The second-order valence-electron chi connectivity index (χ2n) is 8.03. The zero-order valence-electron chi connectivity index (χ0n) is 16.8. The molecular weight excluding hydrogens is 420 g/mol. The number of halogens is 1. The molecule has 6 rings (SSSR count). The topological polar surface area (TPSA) is 88.5 Å². The molecule has 2 aliphatic rings. The van der Waals surface area contributed by atoms with Crippen LogP contribution in [0.15, 0.2) is 35.5 Å². The van der Waals surface area contributed by atoms with Crippen molar-refractivity contribution >= 4 is 28.2 Å². The van der Waals surface area contributed by atoms with Crippen molar-refractivity contribution < 1.29 is 9.47 Å². The number of aromatic nitrogens is 6. The van der Waals surface area contributed by atoms with E-state index in [1.165, 1.54) is 0 Å². The van der Waals surface area contributed by atoms with E-state index in [0.717, 1.165) is 50.1 Å². The quantitative estimate of drug-likeness (QED) is 0.485. The zero-order valence-corrected chi connectivity index (χ0v) is 17.5. The third-order valence-electron chi connectivity index (χ3n) is 6.09. The van der Waals surface area contributed by atoms with Crippen LogP contribution in [0.3, 0.4) is 0 Å². The summed E-state index contributed by atoms with van der Waals surface area (Å²) in [5, 5.41) is 9.02. The summed E-state index contributed by atoms with van der Waals surface area (Å²) < 4.78 is 16.6. The van der Waals surface area contributed by atoms with Crippen molar-refractivity contribution in [3.8, 4) is 5.82 Å². The lowest BCUT2D eigenvalue weighted by Crippen LogP contribution is -2.29. The van der Waals surface area contributed by atoms with Gasteiger partial charge in [-0.25, -0.2) is 4.98 Å². The van der Waals surface area contributed by atoms with Crippen LogP contribution in [-0.2, 0) is 16.0 Å². The molecule has 2 atom stereocenters.